The fourth-order valence-electron chi connectivity index (χ4n) is 1.18. The van der Waals surface area contributed by atoms with Gasteiger partial charge >= 0.3 is 0 Å². The molecule has 0 spiro atoms. The molecule has 0 aromatic carbocycles. The Morgan fingerprint density at radius 1 is 1.17 bits per heavy atom. The second kappa shape index (κ2) is 5.31. The summed E-state index contributed by atoms with van der Waals surface area (Å²) in [7, 11) is 6.16. The van der Waals surface area contributed by atoms with Crippen molar-refractivity contribution in [2.75, 3.05) is 27.7 Å². The van der Waals surface area contributed by atoms with Crippen molar-refractivity contribution in [1.29, 1.82) is 0 Å². The Kier molecular flexibility index (Phi) is 5.14. The lowest BCUT2D eigenvalue weighted by Crippen LogP contribution is -2.39. The first-order chi connectivity index (χ1) is 5.45. The van der Waals surface area contributed by atoms with E-state index in [0.29, 0.717) is 12.3 Å². The lowest BCUT2D eigenvalue weighted by molar-refractivity contribution is -0.862. The molecule has 12 heavy (non-hydrogen) atoms. The first-order valence-corrected chi connectivity index (χ1v) is 4.78. The molecule has 0 saturated carbocycles. The third-order valence-corrected chi connectivity index (χ3v) is 1.71. The van der Waals surface area contributed by atoms with Gasteiger partial charge in [-0.25, -0.2) is 0 Å². The van der Waals surface area contributed by atoms with Crippen LogP contribution >= 0.6 is 0 Å². The van der Waals surface area contributed by atoms with Gasteiger partial charge in [0.1, 0.15) is 6.54 Å². The molecule has 0 aromatic rings. The van der Waals surface area contributed by atoms with Crippen molar-refractivity contribution in [1.82, 2.24) is 0 Å². The molecule has 0 atom stereocenters. The smallest absolute Gasteiger partial charge is 0.186 e. The molecule has 0 aliphatic rings. The number of unbranched alkanes of at least 4 members (excludes halogenated alkanes) is 2. The van der Waals surface area contributed by atoms with Gasteiger partial charge in [0, 0.05) is 6.42 Å². The largest absolute Gasteiger partial charge is 0.325 e. The minimum Gasteiger partial charge on any atom is -0.325 e. The SMILES string of the molecule is CCCCCC(=O)C[N+](C)(C)C. The Bertz CT molecular complexity index is 135. The zero-order chi connectivity index (χ0) is 9.61. The van der Waals surface area contributed by atoms with E-state index in [9.17, 15) is 4.79 Å². The zero-order valence-corrected chi connectivity index (χ0v) is 8.89. The highest BCUT2D eigenvalue weighted by Crippen LogP contribution is 2.01. The van der Waals surface area contributed by atoms with E-state index in [4.69, 9.17) is 0 Å². The molecule has 72 valence electrons. The van der Waals surface area contributed by atoms with Crippen LogP contribution in [0.5, 0.6) is 0 Å². The van der Waals surface area contributed by atoms with Gasteiger partial charge in [0.2, 0.25) is 0 Å². The van der Waals surface area contributed by atoms with Crippen molar-refractivity contribution < 1.29 is 9.28 Å². The molecule has 0 radical (unpaired) electrons. The Morgan fingerprint density at radius 2 is 1.75 bits per heavy atom. The zero-order valence-electron chi connectivity index (χ0n) is 8.89. The van der Waals surface area contributed by atoms with Crippen molar-refractivity contribution in [2.45, 2.75) is 32.6 Å². The van der Waals surface area contributed by atoms with E-state index in [-0.39, 0.29) is 0 Å². The fourth-order valence-corrected chi connectivity index (χ4v) is 1.18. The minimum atomic E-state index is 0.399. The first kappa shape index (κ1) is 11.6. The summed E-state index contributed by atoms with van der Waals surface area (Å²) >= 11 is 0. The summed E-state index contributed by atoms with van der Waals surface area (Å²) in [6.07, 6.45) is 4.21. The van der Waals surface area contributed by atoms with Gasteiger partial charge in [-0.05, 0) is 6.42 Å². The van der Waals surface area contributed by atoms with Crippen LogP contribution < -0.4 is 0 Å². The maximum Gasteiger partial charge on any atom is 0.186 e. The normalized spacial score (nSPS) is 11.7. The van der Waals surface area contributed by atoms with E-state index in [1.165, 1.54) is 12.8 Å². The Labute approximate surface area is 76.2 Å². The Balaban J connectivity index is 3.47. The predicted molar refractivity (Wildman–Crippen MR) is 52.0 cm³/mol. The summed E-state index contributed by atoms with van der Waals surface area (Å²) in [6, 6.07) is 0. The van der Waals surface area contributed by atoms with Gasteiger partial charge in [-0.15, -0.1) is 0 Å². The number of rotatable bonds is 6. The monoisotopic (exact) mass is 172 g/mol. The summed E-state index contributed by atoms with van der Waals surface area (Å²) in [5, 5.41) is 0. The number of hydrogen-bond acceptors (Lipinski definition) is 1. The molecule has 0 N–H and O–H groups in total. The molecule has 0 rings (SSSR count). The number of quaternary nitrogens is 1. The Morgan fingerprint density at radius 3 is 2.17 bits per heavy atom. The number of carbonyl (C=O) groups is 1. The minimum absolute atomic E-state index is 0.399. The van der Waals surface area contributed by atoms with Gasteiger partial charge in [-0.3, -0.25) is 4.79 Å². The van der Waals surface area contributed by atoms with Crippen LogP contribution in [0.25, 0.3) is 0 Å². The van der Waals surface area contributed by atoms with Crippen LogP contribution in [-0.2, 0) is 4.79 Å². The van der Waals surface area contributed by atoms with Crippen LogP contribution in [0.3, 0.4) is 0 Å². The molecule has 0 fully saturated rings. The van der Waals surface area contributed by atoms with Crippen molar-refractivity contribution in [2.24, 2.45) is 0 Å². The third kappa shape index (κ3) is 7.73. The van der Waals surface area contributed by atoms with Crippen molar-refractivity contribution in [3.05, 3.63) is 0 Å². The van der Waals surface area contributed by atoms with Crippen LogP contribution in [0.15, 0.2) is 0 Å². The average molecular weight is 172 g/mol. The molecule has 0 amide bonds. The number of carbonyl (C=O) groups excluding carboxylic acids is 1. The van der Waals surface area contributed by atoms with Gasteiger partial charge in [0.05, 0.1) is 21.1 Å². The quantitative estimate of drug-likeness (QED) is 0.441. The Hall–Kier alpha value is -0.370. The summed E-state index contributed by atoms with van der Waals surface area (Å²) in [6.45, 7) is 2.83. The molecule has 0 bridgehead atoms. The summed E-state index contributed by atoms with van der Waals surface area (Å²) in [5.41, 5.74) is 0. The van der Waals surface area contributed by atoms with E-state index < -0.39 is 0 Å². The molecule has 2 heteroatoms. The molecule has 2 nitrogen and oxygen atoms in total. The van der Waals surface area contributed by atoms with E-state index in [2.05, 4.69) is 28.1 Å². The number of hydrogen-bond donors (Lipinski definition) is 0. The number of Topliss-reactive ketones (excluding diaryl/α,β-unsaturated/α-hetero) is 1. The molecular formula is C10H22NO+. The maximum atomic E-state index is 11.3. The van der Waals surface area contributed by atoms with Crippen LogP contribution in [-0.4, -0.2) is 38.0 Å². The molecule has 0 aliphatic carbocycles. The molecular weight excluding hydrogens is 150 g/mol. The van der Waals surface area contributed by atoms with Gasteiger partial charge < -0.3 is 4.48 Å². The van der Waals surface area contributed by atoms with Gasteiger partial charge in [0.15, 0.2) is 5.78 Å². The highest BCUT2D eigenvalue weighted by molar-refractivity contribution is 5.79. The maximum absolute atomic E-state index is 11.3. The van der Waals surface area contributed by atoms with Crippen molar-refractivity contribution in [3.8, 4) is 0 Å². The summed E-state index contributed by atoms with van der Waals surface area (Å²) in [4.78, 5) is 11.3. The van der Waals surface area contributed by atoms with Gasteiger partial charge in [-0.1, -0.05) is 19.8 Å². The summed E-state index contributed by atoms with van der Waals surface area (Å²) < 4.78 is 0.755. The molecule has 0 heterocycles. The predicted octanol–water partition coefficient (Wildman–Crippen LogP) is 1.84. The fraction of sp³-hybridized carbons (Fsp3) is 0.900. The third-order valence-electron chi connectivity index (χ3n) is 1.71. The number of nitrogens with zero attached hydrogens (tertiary/aromatic N) is 1. The lowest BCUT2D eigenvalue weighted by Gasteiger charge is -2.22. The molecule has 0 aliphatic heterocycles. The van der Waals surface area contributed by atoms with Crippen LogP contribution in [0.1, 0.15) is 32.6 Å². The molecule has 0 aromatic heterocycles. The highest BCUT2D eigenvalue weighted by atomic mass is 16.1. The second-order valence-corrected chi connectivity index (χ2v) is 4.44. The van der Waals surface area contributed by atoms with E-state index >= 15 is 0 Å². The van der Waals surface area contributed by atoms with Gasteiger partial charge in [-0.2, -0.15) is 0 Å². The van der Waals surface area contributed by atoms with Crippen LogP contribution in [0, 0.1) is 0 Å². The van der Waals surface area contributed by atoms with Crippen LogP contribution in [0.4, 0.5) is 0 Å². The van der Waals surface area contributed by atoms with Crippen molar-refractivity contribution in [3.63, 3.8) is 0 Å². The average Bonchev–Trinajstić information content (AvgIpc) is 1.84. The second-order valence-electron chi connectivity index (χ2n) is 4.44. The topological polar surface area (TPSA) is 17.1 Å². The van der Waals surface area contributed by atoms with E-state index in [1.807, 2.05) is 0 Å². The van der Waals surface area contributed by atoms with Crippen molar-refractivity contribution >= 4 is 5.78 Å². The molecule has 0 saturated heterocycles. The lowest BCUT2D eigenvalue weighted by atomic mass is 10.1. The van der Waals surface area contributed by atoms with E-state index in [0.717, 1.165) is 17.3 Å². The standard InChI is InChI=1S/C10H22NO/c1-5-6-7-8-10(12)9-11(2,3)4/h5-9H2,1-4H3/q+1. The van der Waals surface area contributed by atoms with E-state index in [1.54, 1.807) is 0 Å². The summed E-state index contributed by atoms with van der Waals surface area (Å²) in [5.74, 6) is 0.399. The van der Waals surface area contributed by atoms with Crippen LogP contribution in [0.2, 0.25) is 0 Å². The van der Waals surface area contributed by atoms with Gasteiger partial charge in [0.25, 0.3) is 0 Å². The number of ketones is 1. The highest BCUT2D eigenvalue weighted by Gasteiger charge is 2.12. The molecule has 0 unspecified atom stereocenters. The first-order valence-electron chi connectivity index (χ1n) is 4.78. The number of likely N-dealkylation sites (N-methyl/N-ethyl adjacent to an activating group) is 1.